The number of fused-ring (bicyclic) bond motifs is 1. The molecule has 0 aliphatic carbocycles. The molecule has 9 nitrogen and oxygen atoms in total. The average Bonchev–Trinajstić information content (AvgIpc) is 3.14. The Labute approximate surface area is 192 Å². The number of hydrogen-bond donors (Lipinski definition) is 2. The Morgan fingerprint density at radius 1 is 1.09 bits per heavy atom. The lowest BCUT2D eigenvalue weighted by molar-refractivity contribution is -0.136. The van der Waals surface area contributed by atoms with Crippen LogP contribution in [0.25, 0.3) is 11.0 Å². The lowest BCUT2D eigenvalue weighted by Gasteiger charge is -2.46. The molecule has 0 radical (unpaired) electrons. The molecule has 2 amide bonds. The number of carbonyl (C=O) groups is 2. The molecule has 3 aromatic rings. The van der Waals surface area contributed by atoms with Crippen molar-refractivity contribution in [2.75, 3.05) is 5.32 Å². The fraction of sp³-hybridized carbons (Fsp3) is 0.391. The number of anilines is 1. The van der Waals surface area contributed by atoms with Crippen molar-refractivity contribution in [3.05, 3.63) is 54.7 Å². The van der Waals surface area contributed by atoms with Crippen molar-refractivity contribution < 1.29 is 23.3 Å². The van der Waals surface area contributed by atoms with E-state index in [9.17, 15) is 9.59 Å². The van der Waals surface area contributed by atoms with Crippen LogP contribution in [0.3, 0.4) is 0 Å². The molecule has 4 rings (SSSR count). The van der Waals surface area contributed by atoms with Crippen LogP contribution in [0.15, 0.2) is 53.5 Å². The van der Waals surface area contributed by atoms with Crippen molar-refractivity contribution in [1.82, 2.24) is 15.3 Å². The van der Waals surface area contributed by atoms with E-state index in [1.807, 2.05) is 52.0 Å². The molecule has 1 aliphatic heterocycles. The Bertz CT molecular complexity index is 1130. The van der Waals surface area contributed by atoms with Crippen molar-refractivity contribution >= 4 is 35.7 Å². The van der Waals surface area contributed by atoms with Gasteiger partial charge in [0.1, 0.15) is 5.58 Å². The van der Waals surface area contributed by atoms with Gasteiger partial charge in [-0.25, -0.2) is 4.98 Å². The van der Waals surface area contributed by atoms with Gasteiger partial charge in [0.05, 0.1) is 29.6 Å². The van der Waals surface area contributed by atoms with Crippen LogP contribution in [-0.4, -0.2) is 46.0 Å². The number of hydrogen-bond acceptors (Lipinski definition) is 7. The smallest absolute Gasteiger partial charge is 0.464 e. The summed E-state index contributed by atoms with van der Waals surface area (Å²) in [5.74, 6) is -2.15. The van der Waals surface area contributed by atoms with Gasteiger partial charge in [0.15, 0.2) is 5.82 Å². The number of amides is 2. The van der Waals surface area contributed by atoms with Gasteiger partial charge in [0.25, 0.3) is 0 Å². The molecular formula is C23H27BN4O5. The number of para-hydroxylation sites is 1. The predicted molar refractivity (Wildman–Crippen MR) is 123 cm³/mol. The second kappa shape index (κ2) is 8.95. The van der Waals surface area contributed by atoms with E-state index in [4.69, 9.17) is 13.7 Å². The average molecular weight is 450 g/mol. The Hall–Kier alpha value is -3.24. The Morgan fingerprint density at radius 3 is 2.52 bits per heavy atom. The van der Waals surface area contributed by atoms with Crippen molar-refractivity contribution in [1.29, 1.82) is 0 Å². The molecule has 2 aromatic heterocycles. The van der Waals surface area contributed by atoms with E-state index in [1.165, 1.54) is 18.6 Å². The van der Waals surface area contributed by atoms with Crippen LogP contribution in [0, 0.1) is 0 Å². The summed E-state index contributed by atoms with van der Waals surface area (Å²) in [6.45, 7) is 7.93. The van der Waals surface area contributed by atoms with E-state index < -0.39 is 36.1 Å². The van der Waals surface area contributed by atoms with Crippen LogP contribution in [0.2, 0.25) is 0 Å². The van der Waals surface area contributed by atoms with E-state index in [0.29, 0.717) is 12.8 Å². The van der Waals surface area contributed by atoms with Gasteiger partial charge in [-0.05, 0) is 45.7 Å². The van der Waals surface area contributed by atoms with Gasteiger partial charge in [-0.15, -0.1) is 0 Å². The Morgan fingerprint density at radius 2 is 1.82 bits per heavy atom. The summed E-state index contributed by atoms with van der Waals surface area (Å²) in [7, 11) is -0.773. The molecule has 3 heterocycles. The van der Waals surface area contributed by atoms with Gasteiger partial charge < -0.3 is 24.4 Å². The third-order valence-electron chi connectivity index (χ3n) is 5.38. The van der Waals surface area contributed by atoms with Crippen LogP contribution in [-0.2, 0) is 25.3 Å². The number of nitrogens with one attached hydrogen (secondary N) is 2. The van der Waals surface area contributed by atoms with Crippen molar-refractivity contribution in [3.8, 4) is 0 Å². The summed E-state index contributed by atoms with van der Waals surface area (Å²) >= 11 is 0. The normalized spacial score (nSPS) is 18.0. The molecule has 1 aliphatic rings. The van der Waals surface area contributed by atoms with Gasteiger partial charge in [-0.2, -0.15) is 0 Å². The Kier molecular flexibility index (Phi) is 6.22. The van der Waals surface area contributed by atoms with Crippen molar-refractivity contribution in [2.45, 2.75) is 57.7 Å². The second-order valence-corrected chi connectivity index (χ2v) is 9.39. The van der Waals surface area contributed by atoms with E-state index in [2.05, 4.69) is 20.6 Å². The quantitative estimate of drug-likeness (QED) is 0.454. The van der Waals surface area contributed by atoms with Crippen LogP contribution in [0.1, 0.15) is 39.7 Å². The second-order valence-electron chi connectivity index (χ2n) is 9.39. The van der Waals surface area contributed by atoms with Crippen LogP contribution < -0.4 is 10.6 Å². The third kappa shape index (κ3) is 5.58. The molecule has 1 fully saturated rings. The Balaban J connectivity index is 1.58. The molecule has 1 saturated heterocycles. The van der Waals surface area contributed by atoms with E-state index in [0.717, 1.165) is 16.5 Å². The fourth-order valence-corrected chi connectivity index (χ4v) is 4.34. The number of benzene rings is 1. The van der Waals surface area contributed by atoms with Gasteiger partial charge >= 0.3 is 18.9 Å². The number of rotatable bonds is 5. The summed E-state index contributed by atoms with van der Waals surface area (Å²) in [4.78, 5) is 33.2. The monoisotopic (exact) mass is 450 g/mol. The first-order valence-corrected chi connectivity index (χ1v) is 10.8. The maximum atomic E-state index is 12.8. The molecular weight excluding hydrogens is 423 g/mol. The summed E-state index contributed by atoms with van der Waals surface area (Å²) in [6.07, 6.45) is 6.94. The van der Waals surface area contributed by atoms with E-state index in [1.54, 1.807) is 6.26 Å². The standard InChI is InChI=1S/C23H27BN4O5/c1-22(2)14-23(3,4)33-24(32-22)18(11-15-13-31-17-8-6-5-7-16(15)17)27-20(29)21(30)28-19-12-25-9-10-26-19/h5-10,12-13,18H,11,14H2,1-4H3,(H,27,29)(H,26,28,30)/t18-/m0/s1. The van der Waals surface area contributed by atoms with Gasteiger partial charge in [-0.3, -0.25) is 14.6 Å². The number of aromatic nitrogens is 2. The van der Waals surface area contributed by atoms with Crippen molar-refractivity contribution in [2.24, 2.45) is 0 Å². The minimum Gasteiger partial charge on any atom is -0.464 e. The SMILES string of the molecule is CC1(C)CC(C)(C)OB([C@H](Cc2coc3ccccc23)NC(=O)C(=O)Nc2cnccn2)O1. The lowest BCUT2D eigenvalue weighted by atomic mass is 9.69. The zero-order valence-corrected chi connectivity index (χ0v) is 19.1. The molecule has 172 valence electrons. The molecule has 0 unspecified atom stereocenters. The zero-order valence-electron chi connectivity index (χ0n) is 19.1. The largest absolute Gasteiger partial charge is 0.482 e. The first-order chi connectivity index (χ1) is 15.6. The minimum absolute atomic E-state index is 0.183. The highest BCUT2D eigenvalue weighted by atomic mass is 16.6. The molecule has 10 heteroatoms. The summed E-state index contributed by atoms with van der Waals surface area (Å²) in [5, 5.41) is 6.17. The lowest BCUT2D eigenvalue weighted by Crippen LogP contribution is -2.61. The van der Waals surface area contributed by atoms with Gasteiger partial charge in [0.2, 0.25) is 0 Å². The maximum Gasteiger partial charge on any atom is 0.482 e. The molecule has 0 saturated carbocycles. The number of nitrogens with zero attached hydrogens (tertiary/aromatic N) is 2. The maximum absolute atomic E-state index is 12.8. The first kappa shape index (κ1) is 22.9. The van der Waals surface area contributed by atoms with Crippen LogP contribution in [0.4, 0.5) is 5.82 Å². The summed E-state index contributed by atoms with van der Waals surface area (Å²) < 4.78 is 18.1. The minimum atomic E-state index is -0.855. The van der Waals surface area contributed by atoms with Crippen molar-refractivity contribution in [3.63, 3.8) is 0 Å². The molecule has 1 atom stereocenters. The zero-order chi connectivity index (χ0) is 23.6. The van der Waals surface area contributed by atoms with Crippen LogP contribution >= 0.6 is 0 Å². The van der Waals surface area contributed by atoms with E-state index in [-0.39, 0.29) is 5.82 Å². The predicted octanol–water partition coefficient (Wildman–Crippen LogP) is 2.91. The number of carbonyl (C=O) groups excluding carboxylic acids is 2. The molecule has 33 heavy (non-hydrogen) atoms. The third-order valence-corrected chi connectivity index (χ3v) is 5.38. The molecule has 1 aromatic carbocycles. The summed E-state index contributed by atoms with van der Waals surface area (Å²) in [6, 6.07) is 7.64. The molecule has 0 bridgehead atoms. The highest BCUT2D eigenvalue weighted by molar-refractivity contribution is 6.49. The molecule has 2 N–H and O–H groups in total. The fourth-order valence-electron chi connectivity index (χ4n) is 4.34. The van der Waals surface area contributed by atoms with Crippen LogP contribution in [0.5, 0.6) is 0 Å². The summed E-state index contributed by atoms with van der Waals surface area (Å²) in [5.41, 5.74) is 0.661. The number of furan rings is 1. The van der Waals surface area contributed by atoms with Gasteiger partial charge in [-0.1, -0.05) is 18.2 Å². The molecule has 0 spiro atoms. The highest BCUT2D eigenvalue weighted by Crippen LogP contribution is 2.34. The highest BCUT2D eigenvalue weighted by Gasteiger charge is 2.47. The first-order valence-electron chi connectivity index (χ1n) is 10.8. The van der Waals surface area contributed by atoms with E-state index >= 15 is 0 Å². The van der Waals surface area contributed by atoms with Gasteiger partial charge in [0, 0.05) is 24.2 Å². The topological polar surface area (TPSA) is 116 Å².